The zero-order valence-electron chi connectivity index (χ0n) is 24.2. The van der Waals surface area contributed by atoms with Crippen LogP contribution in [-0.2, 0) is 9.53 Å². The molecule has 10 nitrogen and oxygen atoms in total. The number of methoxy groups -OCH3 is 1. The zero-order valence-corrected chi connectivity index (χ0v) is 24.2. The number of amides is 1. The number of halogens is 2. The van der Waals surface area contributed by atoms with Gasteiger partial charge in [0.05, 0.1) is 31.5 Å². The molecule has 2 aromatic heterocycles. The first-order chi connectivity index (χ1) is 20.0. The number of carbonyl (C=O) groups is 2. The number of hydrogen-bond donors (Lipinski definition) is 1. The van der Waals surface area contributed by atoms with E-state index in [9.17, 15) is 18.4 Å². The highest BCUT2D eigenvalue weighted by molar-refractivity contribution is 6.01. The monoisotopic (exact) mass is 586 g/mol. The van der Waals surface area contributed by atoms with Crippen molar-refractivity contribution < 1.29 is 37.3 Å². The lowest BCUT2D eigenvalue weighted by Gasteiger charge is -2.38. The molecule has 5 rings (SSSR count). The number of pyridine rings is 1. The van der Waals surface area contributed by atoms with Crippen LogP contribution in [0.2, 0.25) is 0 Å². The van der Waals surface area contributed by atoms with Gasteiger partial charge >= 0.3 is 12.6 Å². The fourth-order valence-corrected chi connectivity index (χ4v) is 4.83. The normalized spacial score (nSPS) is 15.9. The first kappa shape index (κ1) is 29.6. The molecule has 226 valence electrons. The van der Waals surface area contributed by atoms with Crippen LogP contribution in [0.4, 0.5) is 8.78 Å². The van der Waals surface area contributed by atoms with Gasteiger partial charge in [-0.05, 0) is 58.2 Å². The predicted molar refractivity (Wildman–Crippen MR) is 150 cm³/mol. The van der Waals surface area contributed by atoms with Gasteiger partial charge in [-0.3, -0.25) is 14.0 Å². The number of rotatable bonds is 12. The molecule has 0 spiro atoms. The highest BCUT2D eigenvalue weighted by Gasteiger charge is 2.35. The minimum Gasteiger partial charge on any atom is -0.496 e. The Morgan fingerprint density at radius 3 is 2.55 bits per heavy atom. The molecule has 3 aromatic rings. The number of aromatic nitrogens is 2. The number of nitrogens with one attached hydrogen (secondary N) is 1. The van der Waals surface area contributed by atoms with Gasteiger partial charge in [0.1, 0.15) is 34.1 Å². The highest BCUT2D eigenvalue weighted by Crippen LogP contribution is 2.37. The summed E-state index contributed by atoms with van der Waals surface area (Å²) in [4.78, 5) is 31.6. The Bertz CT molecular complexity index is 1440. The number of alkyl halides is 2. The molecule has 0 bridgehead atoms. The predicted octanol–water partition coefficient (Wildman–Crippen LogP) is 4.55. The van der Waals surface area contributed by atoms with Crippen molar-refractivity contribution in [2.24, 2.45) is 5.92 Å². The maximum atomic E-state index is 13.3. The fraction of sp³-hybridized carbons (Fsp3) is 0.500. The fourth-order valence-electron chi connectivity index (χ4n) is 4.83. The third kappa shape index (κ3) is 7.10. The van der Waals surface area contributed by atoms with E-state index in [1.165, 1.54) is 13.2 Å². The highest BCUT2D eigenvalue weighted by atomic mass is 19.3. The third-order valence-electron chi connectivity index (χ3n) is 7.01. The Kier molecular flexibility index (Phi) is 8.53. The van der Waals surface area contributed by atoms with Crippen LogP contribution < -0.4 is 19.5 Å². The minimum absolute atomic E-state index is 0.0312. The van der Waals surface area contributed by atoms with Gasteiger partial charge in [-0.15, -0.1) is 0 Å². The number of benzene rings is 1. The number of esters is 1. The Balaban J connectivity index is 1.22. The molecule has 1 aromatic carbocycles. The van der Waals surface area contributed by atoms with Crippen molar-refractivity contribution in [3.05, 3.63) is 42.2 Å². The second-order valence-electron chi connectivity index (χ2n) is 11.6. The van der Waals surface area contributed by atoms with E-state index in [-0.39, 0.29) is 35.0 Å². The van der Waals surface area contributed by atoms with Crippen LogP contribution in [0.5, 0.6) is 17.2 Å². The smallest absolute Gasteiger partial charge is 0.387 e. The van der Waals surface area contributed by atoms with E-state index in [4.69, 9.17) is 18.9 Å². The summed E-state index contributed by atoms with van der Waals surface area (Å²) in [6, 6.07) is 6.62. The van der Waals surface area contributed by atoms with Gasteiger partial charge < -0.3 is 29.2 Å². The zero-order chi connectivity index (χ0) is 30.0. The van der Waals surface area contributed by atoms with Crippen molar-refractivity contribution in [1.29, 1.82) is 0 Å². The third-order valence-corrected chi connectivity index (χ3v) is 7.01. The van der Waals surface area contributed by atoms with Gasteiger partial charge in [-0.2, -0.15) is 8.78 Å². The maximum Gasteiger partial charge on any atom is 0.387 e. The molecular formula is C30H36F2N4O6. The number of fused-ring (bicyclic) bond motifs is 1. The average Bonchev–Trinajstić information content (AvgIpc) is 3.60. The molecule has 0 radical (unpaired) electrons. The number of likely N-dealkylation sites (tertiary alicyclic amines) is 1. The van der Waals surface area contributed by atoms with Crippen LogP contribution in [0, 0.1) is 5.92 Å². The quantitative estimate of drug-likeness (QED) is 0.244. The molecule has 1 aliphatic heterocycles. The maximum absolute atomic E-state index is 13.3. The van der Waals surface area contributed by atoms with Gasteiger partial charge in [0, 0.05) is 43.5 Å². The van der Waals surface area contributed by atoms with Crippen LogP contribution in [0.3, 0.4) is 0 Å². The summed E-state index contributed by atoms with van der Waals surface area (Å²) in [7, 11) is 1.37. The molecular weight excluding hydrogens is 550 g/mol. The standard InChI is InChI=1S/C30H36F2N4O6/c1-30(2,3)42-28(38)19-16-35(17-19)9-5-11-40-21-8-10-36-22(15-33-25(36)14-21)18-12-23(39-4)26(24(13-18)41-29(31)32)27(37)34-20-6-7-20/h8,10,12-15,19-20,29H,5-7,9,11,16-17H2,1-4H3,(H,34,37). The largest absolute Gasteiger partial charge is 0.496 e. The SMILES string of the molecule is COc1cc(-c2cnc3cc(OCCCN4CC(C(=O)OC(C)(C)C)C4)ccn23)cc(OC(F)F)c1C(=O)NC1CC1. The number of ether oxygens (including phenoxy) is 4. The van der Waals surface area contributed by atoms with Crippen molar-refractivity contribution in [2.75, 3.05) is 33.4 Å². The van der Waals surface area contributed by atoms with Crippen molar-refractivity contribution in [3.63, 3.8) is 0 Å². The topological polar surface area (TPSA) is 104 Å². The van der Waals surface area contributed by atoms with Crippen LogP contribution in [0.1, 0.15) is 50.4 Å². The lowest BCUT2D eigenvalue weighted by molar-refractivity contribution is -0.165. The molecule has 2 fully saturated rings. The molecule has 0 unspecified atom stereocenters. The average molecular weight is 587 g/mol. The number of hydrogen-bond acceptors (Lipinski definition) is 8. The van der Waals surface area contributed by atoms with Gasteiger partial charge in [0.2, 0.25) is 0 Å². The first-order valence-electron chi connectivity index (χ1n) is 14.0. The van der Waals surface area contributed by atoms with E-state index >= 15 is 0 Å². The molecule has 1 aliphatic carbocycles. The first-order valence-corrected chi connectivity index (χ1v) is 14.0. The van der Waals surface area contributed by atoms with Crippen LogP contribution in [-0.4, -0.2) is 77.8 Å². The molecule has 3 heterocycles. The molecule has 1 amide bonds. The summed E-state index contributed by atoms with van der Waals surface area (Å²) >= 11 is 0. The summed E-state index contributed by atoms with van der Waals surface area (Å²) in [5, 5.41) is 2.80. The van der Waals surface area contributed by atoms with Crippen LogP contribution >= 0.6 is 0 Å². The molecule has 2 aliphatic rings. The Morgan fingerprint density at radius 1 is 1.14 bits per heavy atom. The van der Waals surface area contributed by atoms with E-state index < -0.39 is 18.1 Å². The van der Waals surface area contributed by atoms with Gasteiger partial charge in [0.25, 0.3) is 5.91 Å². The van der Waals surface area contributed by atoms with Crippen molar-refractivity contribution in [1.82, 2.24) is 19.6 Å². The van der Waals surface area contributed by atoms with Crippen molar-refractivity contribution in [3.8, 4) is 28.5 Å². The van der Waals surface area contributed by atoms with Crippen molar-refractivity contribution in [2.45, 2.75) is 58.3 Å². The lowest BCUT2D eigenvalue weighted by atomic mass is 10.00. The van der Waals surface area contributed by atoms with Gasteiger partial charge in [0.15, 0.2) is 0 Å². The minimum atomic E-state index is -3.12. The Hall–Kier alpha value is -3.93. The molecule has 42 heavy (non-hydrogen) atoms. The van der Waals surface area contributed by atoms with Crippen LogP contribution in [0.15, 0.2) is 36.7 Å². The molecule has 0 atom stereocenters. The molecule has 1 saturated heterocycles. The van der Waals surface area contributed by atoms with E-state index in [0.717, 1.165) is 25.8 Å². The van der Waals surface area contributed by atoms with E-state index in [2.05, 4.69) is 15.2 Å². The second kappa shape index (κ2) is 12.1. The second-order valence-corrected chi connectivity index (χ2v) is 11.6. The lowest BCUT2D eigenvalue weighted by Crippen LogP contribution is -2.52. The number of imidazole rings is 1. The summed E-state index contributed by atoms with van der Waals surface area (Å²) in [6.45, 7) is 5.18. The van der Waals surface area contributed by atoms with Gasteiger partial charge in [-0.1, -0.05) is 0 Å². The molecule has 12 heteroatoms. The summed E-state index contributed by atoms with van der Waals surface area (Å²) in [6.07, 6.45) is 5.87. The summed E-state index contributed by atoms with van der Waals surface area (Å²) in [5.41, 5.74) is 1.14. The van der Waals surface area contributed by atoms with Crippen LogP contribution in [0.25, 0.3) is 16.9 Å². The summed E-state index contributed by atoms with van der Waals surface area (Å²) in [5.74, 6) is -0.248. The van der Waals surface area contributed by atoms with E-state index in [1.807, 2.05) is 20.8 Å². The molecule has 1 saturated carbocycles. The van der Waals surface area contributed by atoms with E-state index in [0.29, 0.717) is 42.4 Å². The summed E-state index contributed by atoms with van der Waals surface area (Å²) < 4.78 is 49.9. The Labute approximate surface area is 242 Å². The molecule has 1 N–H and O–H groups in total. The number of nitrogens with zero attached hydrogens (tertiary/aromatic N) is 3. The van der Waals surface area contributed by atoms with Crippen molar-refractivity contribution >= 4 is 17.5 Å². The number of carbonyl (C=O) groups excluding carboxylic acids is 2. The Morgan fingerprint density at radius 2 is 1.88 bits per heavy atom. The van der Waals surface area contributed by atoms with Gasteiger partial charge in [-0.25, -0.2) is 4.98 Å². The van der Waals surface area contributed by atoms with E-state index in [1.54, 1.807) is 35.0 Å².